The highest BCUT2D eigenvalue weighted by atomic mass is 16.5. The lowest BCUT2D eigenvalue weighted by Crippen LogP contribution is -2.30. The molecule has 0 bridgehead atoms. The molecule has 1 aliphatic carbocycles. The van der Waals surface area contributed by atoms with E-state index >= 15 is 0 Å². The van der Waals surface area contributed by atoms with Gasteiger partial charge < -0.3 is 9.84 Å². The van der Waals surface area contributed by atoms with Gasteiger partial charge >= 0.3 is 0 Å². The van der Waals surface area contributed by atoms with Crippen molar-refractivity contribution in [3.05, 3.63) is 29.8 Å². The molecule has 2 nitrogen and oxygen atoms in total. The van der Waals surface area contributed by atoms with E-state index in [0.29, 0.717) is 0 Å². The average Bonchev–Trinajstić information content (AvgIpc) is 2.48. The Balaban J connectivity index is 2.05. The van der Waals surface area contributed by atoms with Crippen LogP contribution in [0.1, 0.15) is 37.7 Å². The number of aliphatic hydroxyl groups excluding tert-OH is 1. The summed E-state index contributed by atoms with van der Waals surface area (Å²) in [5, 5.41) is 9.98. The second kappa shape index (κ2) is 5.35. The highest BCUT2D eigenvalue weighted by molar-refractivity contribution is 5.32. The summed E-state index contributed by atoms with van der Waals surface area (Å²) in [7, 11) is 0. The van der Waals surface area contributed by atoms with E-state index < -0.39 is 0 Å². The van der Waals surface area contributed by atoms with Gasteiger partial charge in [-0.1, -0.05) is 31.0 Å². The van der Waals surface area contributed by atoms with E-state index in [4.69, 9.17) is 4.74 Å². The Labute approximate surface area is 97.3 Å². The van der Waals surface area contributed by atoms with Crippen molar-refractivity contribution in [1.82, 2.24) is 0 Å². The summed E-state index contributed by atoms with van der Waals surface area (Å²) in [6, 6.07) is 8.00. The van der Waals surface area contributed by atoms with Crippen molar-refractivity contribution in [2.24, 2.45) is 0 Å². The Hall–Kier alpha value is -1.02. The van der Waals surface area contributed by atoms with Gasteiger partial charge in [0.2, 0.25) is 0 Å². The number of hydrogen-bond donors (Lipinski definition) is 1. The van der Waals surface area contributed by atoms with Gasteiger partial charge in [-0.15, -0.1) is 0 Å². The van der Waals surface area contributed by atoms with Gasteiger partial charge in [-0.05, 0) is 37.8 Å². The minimum absolute atomic E-state index is 0.0244. The van der Waals surface area contributed by atoms with Crippen LogP contribution in [0.15, 0.2) is 24.3 Å². The van der Waals surface area contributed by atoms with Gasteiger partial charge in [0.15, 0.2) is 0 Å². The van der Waals surface area contributed by atoms with E-state index in [9.17, 15) is 5.11 Å². The summed E-state index contributed by atoms with van der Waals surface area (Å²) >= 11 is 0. The van der Waals surface area contributed by atoms with Crippen molar-refractivity contribution in [2.75, 3.05) is 0 Å². The first-order valence-corrected chi connectivity index (χ1v) is 6.18. The molecule has 2 unspecified atom stereocenters. The first kappa shape index (κ1) is 11.5. The van der Waals surface area contributed by atoms with Crippen LogP contribution in [0.2, 0.25) is 0 Å². The monoisotopic (exact) mass is 220 g/mol. The van der Waals surface area contributed by atoms with E-state index in [-0.39, 0.29) is 12.2 Å². The van der Waals surface area contributed by atoms with Crippen molar-refractivity contribution in [1.29, 1.82) is 0 Å². The zero-order valence-corrected chi connectivity index (χ0v) is 9.86. The SMILES string of the molecule is Cc1ccccc1OC1CCCCCC1O. The third-order valence-corrected chi connectivity index (χ3v) is 3.29. The molecule has 0 saturated heterocycles. The van der Waals surface area contributed by atoms with Crippen molar-refractivity contribution < 1.29 is 9.84 Å². The summed E-state index contributed by atoms with van der Waals surface area (Å²) in [6.45, 7) is 2.04. The lowest BCUT2D eigenvalue weighted by atomic mass is 10.1. The predicted molar refractivity (Wildman–Crippen MR) is 64.7 cm³/mol. The fraction of sp³-hybridized carbons (Fsp3) is 0.571. The molecule has 88 valence electrons. The molecule has 0 amide bonds. The second-order valence-corrected chi connectivity index (χ2v) is 4.63. The van der Waals surface area contributed by atoms with Crippen LogP contribution in [-0.2, 0) is 0 Å². The van der Waals surface area contributed by atoms with Gasteiger partial charge in [0.1, 0.15) is 11.9 Å². The number of hydrogen-bond acceptors (Lipinski definition) is 2. The number of ether oxygens (including phenoxy) is 1. The van der Waals surface area contributed by atoms with Crippen LogP contribution in [0.3, 0.4) is 0 Å². The van der Waals surface area contributed by atoms with Crippen LogP contribution in [0.4, 0.5) is 0 Å². The summed E-state index contributed by atoms with van der Waals surface area (Å²) in [5.41, 5.74) is 1.14. The summed E-state index contributed by atoms with van der Waals surface area (Å²) < 4.78 is 5.93. The fourth-order valence-corrected chi connectivity index (χ4v) is 2.24. The standard InChI is InChI=1S/C14H20O2/c1-11-7-5-6-9-13(11)16-14-10-4-2-3-8-12(14)15/h5-7,9,12,14-15H,2-4,8,10H2,1H3. The van der Waals surface area contributed by atoms with Crippen LogP contribution in [0.25, 0.3) is 0 Å². The number of rotatable bonds is 2. The maximum absolute atomic E-state index is 9.98. The highest BCUT2D eigenvalue weighted by Gasteiger charge is 2.23. The molecular formula is C14H20O2. The van der Waals surface area contributed by atoms with Gasteiger partial charge in [-0.3, -0.25) is 0 Å². The number of aliphatic hydroxyl groups is 1. The smallest absolute Gasteiger partial charge is 0.124 e. The summed E-state index contributed by atoms with van der Waals surface area (Å²) in [6.07, 6.45) is 5.00. The molecule has 1 aromatic carbocycles. The average molecular weight is 220 g/mol. The van der Waals surface area contributed by atoms with E-state index in [1.807, 2.05) is 31.2 Å². The van der Waals surface area contributed by atoms with Crippen LogP contribution < -0.4 is 4.74 Å². The van der Waals surface area contributed by atoms with Gasteiger partial charge in [-0.2, -0.15) is 0 Å². The molecule has 1 aromatic rings. The molecule has 2 atom stereocenters. The molecule has 1 saturated carbocycles. The van der Waals surface area contributed by atoms with Gasteiger partial charge in [0.05, 0.1) is 6.10 Å². The van der Waals surface area contributed by atoms with Crippen LogP contribution in [0.5, 0.6) is 5.75 Å². The Morgan fingerprint density at radius 1 is 1.12 bits per heavy atom. The van der Waals surface area contributed by atoms with Crippen molar-refractivity contribution in [3.8, 4) is 5.75 Å². The van der Waals surface area contributed by atoms with Gasteiger partial charge in [0, 0.05) is 0 Å². The molecule has 1 fully saturated rings. The van der Waals surface area contributed by atoms with E-state index in [2.05, 4.69) is 0 Å². The molecular weight excluding hydrogens is 200 g/mol. The van der Waals surface area contributed by atoms with Gasteiger partial charge in [-0.25, -0.2) is 0 Å². The maximum atomic E-state index is 9.98. The first-order valence-electron chi connectivity index (χ1n) is 6.18. The molecule has 0 aliphatic heterocycles. The van der Waals surface area contributed by atoms with Crippen molar-refractivity contribution in [2.45, 2.75) is 51.2 Å². The minimum Gasteiger partial charge on any atom is -0.487 e. The molecule has 0 aromatic heterocycles. The Morgan fingerprint density at radius 2 is 1.88 bits per heavy atom. The lowest BCUT2D eigenvalue weighted by Gasteiger charge is -2.22. The first-order chi connectivity index (χ1) is 7.77. The zero-order valence-electron chi connectivity index (χ0n) is 9.86. The zero-order chi connectivity index (χ0) is 11.4. The third-order valence-electron chi connectivity index (χ3n) is 3.29. The number of para-hydroxylation sites is 1. The Morgan fingerprint density at radius 3 is 2.69 bits per heavy atom. The second-order valence-electron chi connectivity index (χ2n) is 4.63. The van der Waals surface area contributed by atoms with Crippen LogP contribution in [-0.4, -0.2) is 17.3 Å². The van der Waals surface area contributed by atoms with Crippen LogP contribution >= 0.6 is 0 Å². The molecule has 0 heterocycles. The maximum Gasteiger partial charge on any atom is 0.124 e. The molecule has 0 radical (unpaired) electrons. The van der Waals surface area contributed by atoms with E-state index in [1.165, 1.54) is 6.42 Å². The molecule has 1 N–H and O–H groups in total. The summed E-state index contributed by atoms with van der Waals surface area (Å²) in [5.74, 6) is 0.911. The predicted octanol–water partition coefficient (Wildman–Crippen LogP) is 3.07. The molecule has 0 spiro atoms. The highest BCUT2D eigenvalue weighted by Crippen LogP contribution is 2.25. The van der Waals surface area contributed by atoms with E-state index in [1.54, 1.807) is 0 Å². The number of benzene rings is 1. The summed E-state index contributed by atoms with van der Waals surface area (Å²) in [4.78, 5) is 0. The van der Waals surface area contributed by atoms with Crippen molar-refractivity contribution >= 4 is 0 Å². The normalized spacial score (nSPS) is 26.1. The molecule has 2 heteroatoms. The van der Waals surface area contributed by atoms with E-state index in [0.717, 1.165) is 37.0 Å². The minimum atomic E-state index is -0.304. The molecule has 2 rings (SSSR count). The molecule has 16 heavy (non-hydrogen) atoms. The molecule has 1 aliphatic rings. The topological polar surface area (TPSA) is 29.5 Å². The quantitative estimate of drug-likeness (QED) is 0.776. The van der Waals surface area contributed by atoms with Gasteiger partial charge in [0.25, 0.3) is 0 Å². The Bertz CT molecular complexity index is 335. The fourth-order valence-electron chi connectivity index (χ4n) is 2.24. The lowest BCUT2D eigenvalue weighted by molar-refractivity contribution is 0.0316. The Kier molecular flexibility index (Phi) is 3.83. The largest absolute Gasteiger partial charge is 0.487 e. The number of aryl methyl sites for hydroxylation is 1. The third kappa shape index (κ3) is 2.76. The van der Waals surface area contributed by atoms with Crippen LogP contribution in [0, 0.1) is 6.92 Å². The van der Waals surface area contributed by atoms with Crippen molar-refractivity contribution in [3.63, 3.8) is 0 Å².